The highest BCUT2D eigenvalue weighted by atomic mass is 32.2. The molecule has 1 aromatic heterocycles. The Bertz CT molecular complexity index is 575. The predicted octanol–water partition coefficient (Wildman–Crippen LogP) is 2.29. The van der Waals surface area contributed by atoms with E-state index < -0.39 is 0 Å². The number of fused-ring (bicyclic) bond motifs is 1. The van der Waals surface area contributed by atoms with Crippen LogP contribution in [0.4, 0.5) is 0 Å². The van der Waals surface area contributed by atoms with E-state index in [0.717, 1.165) is 22.3 Å². The Morgan fingerprint density at radius 3 is 3.06 bits per heavy atom. The van der Waals surface area contributed by atoms with Crippen molar-refractivity contribution in [2.75, 3.05) is 6.26 Å². The van der Waals surface area contributed by atoms with E-state index >= 15 is 0 Å². The zero-order valence-electron chi connectivity index (χ0n) is 8.47. The smallest absolute Gasteiger partial charge is 0.184 e. The van der Waals surface area contributed by atoms with Crippen molar-refractivity contribution >= 4 is 11.8 Å². The molecule has 0 bridgehead atoms. The van der Waals surface area contributed by atoms with Gasteiger partial charge in [0, 0.05) is 0 Å². The summed E-state index contributed by atoms with van der Waals surface area (Å²) in [5.74, 6) is 1.37. The van der Waals surface area contributed by atoms with Gasteiger partial charge in [0.1, 0.15) is 17.7 Å². The average molecular weight is 232 g/mol. The molecule has 5 nitrogen and oxygen atoms in total. The van der Waals surface area contributed by atoms with Crippen LogP contribution in [0.1, 0.15) is 0 Å². The molecular formula is C10H8N4OS. The molecule has 0 spiro atoms. The lowest BCUT2D eigenvalue weighted by molar-refractivity contribution is 0.578. The van der Waals surface area contributed by atoms with Crippen molar-refractivity contribution in [2.45, 2.75) is 5.16 Å². The van der Waals surface area contributed by atoms with Gasteiger partial charge in [0.15, 0.2) is 16.7 Å². The number of nitrogens with zero attached hydrogens (tertiary/aromatic N) is 3. The third-order valence-corrected chi connectivity index (χ3v) is 2.80. The number of nitrogens with one attached hydrogen (secondary N) is 1. The number of H-pyrrole nitrogens is 1. The van der Waals surface area contributed by atoms with Gasteiger partial charge in [-0.15, -0.1) is 0 Å². The largest absolute Gasteiger partial charge is 0.463 e. The molecule has 6 heteroatoms. The highest BCUT2D eigenvalue weighted by molar-refractivity contribution is 7.98. The topological polar surface area (TPSA) is 67.6 Å². The molecule has 2 aliphatic rings. The van der Waals surface area contributed by atoms with Crippen molar-refractivity contribution in [3.05, 3.63) is 24.7 Å². The maximum atomic E-state index is 5.36. The van der Waals surface area contributed by atoms with Gasteiger partial charge in [-0.05, 0) is 18.4 Å². The van der Waals surface area contributed by atoms with E-state index in [-0.39, 0.29) is 0 Å². The summed E-state index contributed by atoms with van der Waals surface area (Å²) in [6, 6.07) is 3.72. The van der Waals surface area contributed by atoms with Gasteiger partial charge in [-0.3, -0.25) is 0 Å². The van der Waals surface area contributed by atoms with Gasteiger partial charge < -0.3 is 9.40 Å². The molecule has 0 unspecified atom stereocenters. The number of hydrogen-bond donors (Lipinski definition) is 1. The monoisotopic (exact) mass is 232 g/mol. The van der Waals surface area contributed by atoms with E-state index in [0.29, 0.717) is 5.82 Å². The Balaban J connectivity index is 2.27. The first-order chi connectivity index (χ1) is 7.88. The molecule has 0 amide bonds. The summed E-state index contributed by atoms with van der Waals surface area (Å²) in [5, 5.41) is 0.791. The number of furan rings is 1. The van der Waals surface area contributed by atoms with Crippen LogP contribution in [0.5, 0.6) is 0 Å². The molecular weight excluding hydrogens is 224 g/mol. The van der Waals surface area contributed by atoms with Gasteiger partial charge in [-0.1, -0.05) is 11.8 Å². The van der Waals surface area contributed by atoms with Crippen molar-refractivity contribution in [1.82, 2.24) is 19.9 Å². The Labute approximate surface area is 95.7 Å². The lowest BCUT2D eigenvalue weighted by Gasteiger charge is -2.05. The Morgan fingerprint density at radius 1 is 1.38 bits per heavy atom. The minimum Gasteiger partial charge on any atom is -0.463 e. The molecule has 0 aromatic carbocycles. The summed E-state index contributed by atoms with van der Waals surface area (Å²) in [7, 11) is 0. The molecule has 0 saturated carbocycles. The molecule has 0 aliphatic carbocycles. The summed E-state index contributed by atoms with van der Waals surface area (Å²) in [4.78, 5) is 15.8. The van der Waals surface area contributed by atoms with Crippen molar-refractivity contribution in [1.29, 1.82) is 0 Å². The second kappa shape index (κ2) is 3.64. The first kappa shape index (κ1) is 9.41. The van der Waals surface area contributed by atoms with Gasteiger partial charge in [-0.2, -0.15) is 0 Å². The van der Waals surface area contributed by atoms with Crippen molar-refractivity contribution in [3.8, 4) is 23.0 Å². The van der Waals surface area contributed by atoms with E-state index in [1.807, 2.05) is 18.4 Å². The van der Waals surface area contributed by atoms with Crippen LogP contribution in [0.2, 0.25) is 0 Å². The van der Waals surface area contributed by atoms with Gasteiger partial charge in [0.2, 0.25) is 0 Å². The Morgan fingerprint density at radius 2 is 2.31 bits per heavy atom. The van der Waals surface area contributed by atoms with Crippen LogP contribution in [-0.4, -0.2) is 26.2 Å². The standard InChI is InChI=1S/C10H8N4OS/c1-16-10-13-7(6-3-2-4-15-6)8-9(14-10)12-5-11-8/h2-5H,1H3,(H,11,12,13,14). The maximum absolute atomic E-state index is 5.36. The van der Waals surface area contributed by atoms with Crippen LogP contribution in [0.15, 0.2) is 34.3 Å². The fourth-order valence-corrected chi connectivity index (χ4v) is 1.89. The minimum atomic E-state index is 0.634. The Kier molecular flexibility index (Phi) is 2.14. The number of thioether (sulfide) groups is 1. The quantitative estimate of drug-likeness (QED) is 0.542. The van der Waals surface area contributed by atoms with E-state index in [2.05, 4.69) is 19.9 Å². The van der Waals surface area contributed by atoms with Crippen LogP contribution < -0.4 is 0 Å². The normalized spacial score (nSPS) is 11.1. The number of hydrogen-bond acceptors (Lipinski definition) is 5. The van der Waals surface area contributed by atoms with E-state index in [4.69, 9.17) is 4.42 Å². The molecule has 0 radical (unpaired) electrons. The van der Waals surface area contributed by atoms with Crippen molar-refractivity contribution in [3.63, 3.8) is 0 Å². The average Bonchev–Trinajstić information content (AvgIpc) is 2.98. The SMILES string of the molecule is CSc1nc2ncnc-2c(-c2ccco2)[nH]1. The van der Waals surface area contributed by atoms with Crippen LogP contribution >= 0.6 is 11.8 Å². The highest BCUT2D eigenvalue weighted by Crippen LogP contribution is 2.30. The fourth-order valence-electron chi connectivity index (χ4n) is 1.50. The van der Waals surface area contributed by atoms with Crippen LogP contribution in [-0.2, 0) is 0 Å². The minimum absolute atomic E-state index is 0.634. The molecule has 3 rings (SSSR count). The third kappa shape index (κ3) is 1.38. The second-order valence-electron chi connectivity index (χ2n) is 3.14. The molecule has 1 N–H and O–H groups in total. The lowest BCUT2D eigenvalue weighted by atomic mass is 10.2. The number of aromatic amines is 1. The first-order valence-corrected chi connectivity index (χ1v) is 5.89. The molecule has 0 saturated heterocycles. The summed E-state index contributed by atoms with van der Waals surface area (Å²) < 4.78 is 5.36. The summed E-state index contributed by atoms with van der Waals surface area (Å²) in [6.45, 7) is 0. The summed E-state index contributed by atoms with van der Waals surface area (Å²) >= 11 is 1.52. The van der Waals surface area contributed by atoms with Gasteiger partial charge >= 0.3 is 0 Å². The maximum Gasteiger partial charge on any atom is 0.184 e. The highest BCUT2D eigenvalue weighted by Gasteiger charge is 2.18. The molecule has 0 atom stereocenters. The summed E-state index contributed by atoms with van der Waals surface area (Å²) in [5.41, 5.74) is 1.55. The first-order valence-electron chi connectivity index (χ1n) is 4.67. The molecule has 1 aromatic rings. The summed E-state index contributed by atoms with van der Waals surface area (Å²) in [6.07, 6.45) is 5.08. The van der Waals surface area contributed by atoms with Crippen molar-refractivity contribution < 1.29 is 4.42 Å². The van der Waals surface area contributed by atoms with E-state index in [1.165, 1.54) is 18.1 Å². The van der Waals surface area contributed by atoms with Gasteiger partial charge in [0.05, 0.1) is 6.26 Å². The zero-order valence-corrected chi connectivity index (χ0v) is 9.28. The third-order valence-electron chi connectivity index (χ3n) is 2.22. The van der Waals surface area contributed by atoms with Crippen LogP contribution in [0, 0.1) is 0 Å². The van der Waals surface area contributed by atoms with E-state index in [1.54, 1.807) is 6.26 Å². The van der Waals surface area contributed by atoms with Crippen LogP contribution in [0.3, 0.4) is 0 Å². The second-order valence-corrected chi connectivity index (χ2v) is 3.94. The molecule has 16 heavy (non-hydrogen) atoms. The zero-order chi connectivity index (χ0) is 11.0. The Hall–Kier alpha value is -1.82. The van der Waals surface area contributed by atoms with Gasteiger partial charge in [0.25, 0.3) is 0 Å². The predicted molar refractivity (Wildman–Crippen MR) is 60.3 cm³/mol. The fraction of sp³-hybridized carbons (Fsp3) is 0.100. The van der Waals surface area contributed by atoms with E-state index in [9.17, 15) is 0 Å². The lowest BCUT2D eigenvalue weighted by Crippen LogP contribution is -1.96. The van der Waals surface area contributed by atoms with Crippen molar-refractivity contribution in [2.24, 2.45) is 0 Å². The van der Waals surface area contributed by atoms with Gasteiger partial charge in [-0.25, -0.2) is 15.0 Å². The molecule has 2 aliphatic heterocycles. The molecule has 0 fully saturated rings. The number of rotatable bonds is 2. The molecule has 3 heterocycles. The molecule has 80 valence electrons. The number of imidazole rings is 1. The number of aromatic nitrogens is 4. The van der Waals surface area contributed by atoms with Crippen LogP contribution in [0.25, 0.3) is 23.0 Å².